The fourth-order valence-corrected chi connectivity index (χ4v) is 1.65. The Kier molecular flexibility index (Phi) is 2.81. The van der Waals surface area contributed by atoms with Gasteiger partial charge in [0.2, 0.25) is 0 Å². The molecule has 0 radical (unpaired) electrons. The molecule has 1 aliphatic heterocycles. The van der Waals surface area contributed by atoms with Crippen LogP contribution in [0.5, 0.6) is 5.75 Å². The Hall–Kier alpha value is -1.97. The van der Waals surface area contributed by atoms with E-state index in [2.05, 4.69) is 6.58 Å². The van der Waals surface area contributed by atoms with Crippen LogP contribution in [-0.2, 0) is 4.74 Å². The minimum atomic E-state index is -0.338. The highest BCUT2D eigenvalue weighted by Crippen LogP contribution is 2.25. The van der Waals surface area contributed by atoms with Crippen LogP contribution in [-0.4, -0.2) is 25.9 Å². The molecule has 1 unspecified atom stereocenters. The lowest BCUT2D eigenvalue weighted by atomic mass is 10.2. The molecule has 1 saturated heterocycles. The maximum absolute atomic E-state index is 11.5. The van der Waals surface area contributed by atoms with Crippen LogP contribution >= 0.6 is 0 Å². The van der Waals surface area contributed by atoms with E-state index in [9.17, 15) is 4.79 Å². The van der Waals surface area contributed by atoms with Crippen molar-refractivity contribution in [3.8, 4) is 5.75 Å². The van der Waals surface area contributed by atoms with E-state index in [0.717, 1.165) is 11.4 Å². The van der Waals surface area contributed by atoms with Crippen LogP contribution in [0.3, 0.4) is 0 Å². The lowest BCUT2D eigenvalue weighted by Crippen LogP contribution is -2.31. The predicted molar refractivity (Wildman–Crippen MR) is 60.8 cm³/mol. The molecule has 0 spiro atoms. The first-order chi connectivity index (χ1) is 7.76. The van der Waals surface area contributed by atoms with Crippen LogP contribution in [0, 0.1) is 0 Å². The van der Waals surface area contributed by atoms with Crippen LogP contribution in [0.25, 0.3) is 0 Å². The molecule has 2 rings (SSSR count). The van der Waals surface area contributed by atoms with Gasteiger partial charge < -0.3 is 9.47 Å². The molecule has 1 fully saturated rings. The number of amides is 1. The number of hydrogen-bond acceptors (Lipinski definition) is 3. The van der Waals surface area contributed by atoms with Crippen molar-refractivity contribution in [2.45, 2.75) is 6.04 Å². The monoisotopic (exact) mass is 219 g/mol. The average Bonchev–Trinajstić information content (AvgIpc) is 2.70. The Labute approximate surface area is 94.1 Å². The molecular weight excluding hydrogens is 206 g/mol. The van der Waals surface area contributed by atoms with Gasteiger partial charge in [-0.2, -0.15) is 0 Å². The van der Waals surface area contributed by atoms with Crippen molar-refractivity contribution in [1.29, 1.82) is 0 Å². The molecule has 0 N–H and O–H groups in total. The van der Waals surface area contributed by atoms with Crippen molar-refractivity contribution in [2.75, 3.05) is 18.6 Å². The predicted octanol–water partition coefficient (Wildman–Crippen LogP) is 2.21. The van der Waals surface area contributed by atoms with Gasteiger partial charge >= 0.3 is 6.09 Å². The zero-order chi connectivity index (χ0) is 11.5. The van der Waals surface area contributed by atoms with Crippen LogP contribution < -0.4 is 9.64 Å². The fraction of sp³-hybridized carbons (Fsp3) is 0.250. The van der Waals surface area contributed by atoms with E-state index in [1.54, 1.807) is 30.2 Å². The summed E-state index contributed by atoms with van der Waals surface area (Å²) in [6.45, 7) is 4.04. The third-order valence-electron chi connectivity index (χ3n) is 2.53. The van der Waals surface area contributed by atoms with E-state index in [0.29, 0.717) is 6.61 Å². The number of benzene rings is 1. The Morgan fingerprint density at radius 1 is 1.50 bits per heavy atom. The van der Waals surface area contributed by atoms with Gasteiger partial charge in [-0.25, -0.2) is 4.79 Å². The largest absolute Gasteiger partial charge is 0.497 e. The molecule has 0 aromatic heterocycles. The summed E-state index contributed by atoms with van der Waals surface area (Å²) in [7, 11) is 1.60. The van der Waals surface area contributed by atoms with Gasteiger partial charge in [0, 0.05) is 5.69 Å². The number of ether oxygens (including phenoxy) is 2. The first-order valence-corrected chi connectivity index (χ1v) is 4.99. The summed E-state index contributed by atoms with van der Waals surface area (Å²) < 4.78 is 10.0. The standard InChI is InChI=1S/C12H13NO3/c1-3-9-8-16-12(14)13(9)10-4-6-11(15-2)7-5-10/h3-7,9H,1,8H2,2H3. The molecule has 0 aliphatic carbocycles. The smallest absolute Gasteiger partial charge is 0.415 e. The lowest BCUT2D eigenvalue weighted by molar-refractivity contribution is 0.180. The van der Waals surface area contributed by atoms with E-state index < -0.39 is 0 Å². The van der Waals surface area contributed by atoms with Crippen molar-refractivity contribution in [1.82, 2.24) is 0 Å². The third-order valence-corrected chi connectivity index (χ3v) is 2.53. The SMILES string of the molecule is C=CC1COC(=O)N1c1ccc(OC)cc1. The van der Waals surface area contributed by atoms with Crippen LogP contribution in [0.1, 0.15) is 0 Å². The Morgan fingerprint density at radius 3 is 2.75 bits per heavy atom. The summed E-state index contributed by atoms with van der Waals surface area (Å²) in [6.07, 6.45) is 1.37. The summed E-state index contributed by atoms with van der Waals surface area (Å²) >= 11 is 0. The van der Waals surface area contributed by atoms with Crippen molar-refractivity contribution < 1.29 is 14.3 Å². The maximum Gasteiger partial charge on any atom is 0.415 e. The molecule has 1 amide bonds. The van der Waals surface area contributed by atoms with E-state index in [-0.39, 0.29) is 12.1 Å². The molecule has 84 valence electrons. The first-order valence-electron chi connectivity index (χ1n) is 4.99. The number of carbonyl (C=O) groups is 1. The van der Waals surface area contributed by atoms with Gasteiger partial charge in [-0.05, 0) is 24.3 Å². The second-order valence-corrected chi connectivity index (χ2v) is 3.45. The van der Waals surface area contributed by atoms with E-state index in [4.69, 9.17) is 9.47 Å². The van der Waals surface area contributed by atoms with Gasteiger partial charge in [0.1, 0.15) is 12.4 Å². The molecule has 1 heterocycles. The molecular formula is C12H13NO3. The molecule has 0 bridgehead atoms. The molecule has 1 aliphatic rings. The number of rotatable bonds is 3. The first kappa shape index (κ1) is 10.5. The maximum atomic E-state index is 11.5. The topological polar surface area (TPSA) is 38.8 Å². The van der Waals surface area contributed by atoms with Gasteiger partial charge in [-0.3, -0.25) is 4.90 Å². The van der Waals surface area contributed by atoms with E-state index >= 15 is 0 Å². The number of methoxy groups -OCH3 is 1. The van der Waals surface area contributed by atoms with E-state index in [1.807, 2.05) is 12.1 Å². The van der Waals surface area contributed by atoms with Gasteiger partial charge in [0.15, 0.2) is 0 Å². The number of nitrogens with zero attached hydrogens (tertiary/aromatic N) is 1. The zero-order valence-electron chi connectivity index (χ0n) is 9.05. The Balaban J connectivity index is 2.27. The summed E-state index contributed by atoms with van der Waals surface area (Å²) in [6, 6.07) is 7.16. The van der Waals surface area contributed by atoms with Crippen molar-refractivity contribution >= 4 is 11.8 Å². The fourth-order valence-electron chi connectivity index (χ4n) is 1.65. The Bertz CT molecular complexity index is 399. The highest BCUT2D eigenvalue weighted by Gasteiger charge is 2.31. The summed E-state index contributed by atoms with van der Waals surface area (Å²) in [5.74, 6) is 0.756. The third kappa shape index (κ3) is 1.74. The summed E-state index contributed by atoms with van der Waals surface area (Å²) in [5, 5.41) is 0. The zero-order valence-corrected chi connectivity index (χ0v) is 9.05. The van der Waals surface area contributed by atoms with Crippen LogP contribution in [0.4, 0.5) is 10.5 Å². The number of anilines is 1. The minimum Gasteiger partial charge on any atom is -0.497 e. The highest BCUT2D eigenvalue weighted by atomic mass is 16.6. The summed E-state index contributed by atoms with van der Waals surface area (Å²) in [5.41, 5.74) is 0.785. The molecule has 0 saturated carbocycles. The lowest BCUT2D eigenvalue weighted by Gasteiger charge is -2.18. The van der Waals surface area contributed by atoms with Crippen LogP contribution in [0.2, 0.25) is 0 Å². The molecule has 4 heteroatoms. The van der Waals surface area contributed by atoms with Gasteiger partial charge in [0.05, 0.1) is 13.2 Å². The average molecular weight is 219 g/mol. The molecule has 1 atom stereocenters. The Morgan fingerprint density at radius 2 is 2.19 bits per heavy atom. The molecule has 16 heavy (non-hydrogen) atoms. The van der Waals surface area contributed by atoms with Gasteiger partial charge in [0.25, 0.3) is 0 Å². The molecule has 4 nitrogen and oxygen atoms in total. The quantitative estimate of drug-likeness (QED) is 0.731. The second kappa shape index (κ2) is 4.26. The number of cyclic esters (lactones) is 1. The van der Waals surface area contributed by atoms with Crippen molar-refractivity contribution in [2.24, 2.45) is 0 Å². The van der Waals surface area contributed by atoms with Gasteiger partial charge in [-0.15, -0.1) is 6.58 Å². The number of carbonyl (C=O) groups excluding carboxylic acids is 1. The van der Waals surface area contributed by atoms with Crippen molar-refractivity contribution in [3.05, 3.63) is 36.9 Å². The highest BCUT2D eigenvalue weighted by molar-refractivity contribution is 5.90. The van der Waals surface area contributed by atoms with Crippen molar-refractivity contribution in [3.63, 3.8) is 0 Å². The number of hydrogen-bond donors (Lipinski definition) is 0. The second-order valence-electron chi connectivity index (χ2n) is 3.45. The molecule has 1 aromatic carbocycles. The summed E-state index contributed by atoms with van der Waals surface area (Å²) in [4.78, 5) is 13.1. The minimum absolute atomic E-state index is 0.0964. The van der Waals surface area contributed by atoms with E-state index in [1.165, 1.54) is 0 Å². The molecule has 1 aromatic rings. The van der Waals surface area contributed by atoms with Gasteiger partial charge in [-0.1, -0.05) is 6.08 Å². The normalized spacial score (nSPS) is 19.4. The van der Waals surface area contributed by atoms with Crippen LogP contribution in [0.15, 0.2) is 36.9 Å².